The fraction of sp³-hybridized carbons (Fsp3) is 0.417. The Morgan fingerprint density at radius 2 is 2.41 bits per heavy atom. The number of benzene rings is 1. The van der Waals surface area contributed by atoms with Gasteiger partial charge in [0.25, 0.3) is 5.91 Å². The van der Waals surface area contributed by atoms with Gasteiger partial charge >= 0.3 is 0 Å². The van der Waals surface area contributed by atoms with Crippen LogP contribution in [0.5, 0.6) is 5.75 Å². The minimum absolute atomic E-state index is 0.175. The Morgan fingerprint density at radius 1 is 1.59 bits per heavy atom. The molecular weight excluding hydrogens is 223 g/mol. The van der Waals surface area contributed by atoms with Crippen molar-refractivity contribution in [1.82, 2.24) is 5.32 Å². The molecule has 92 valence electrons. The van der Waals surface area contributed by atoms with Gasteiger partial charge in [0.2, 0.25) is 0 Å². The van der Waals surface area contributed by atoms with Gasteiger partial charge in [-0.1, -0.05) is 6.07 Å². The molecule has 0 aromatic heterocycles. The number of amides is 1. The summed E-state index contributed by atoms with van der Waals surface area (Å²) in [7, 11) is 0. The molecule has 4 nitrogen and oxygen atoms in total. The number of hydrogen-bond acceptors (Lipinski definition) is 3. The molecule has 2 rings (SSSR count). The normalized spacial score (nSPS) is 19.2. The van der Waals surface area contributed by atoms with Crippen molar-refractivity contribution in [3.63, 3.8) is 0 Å². The Bertz CT molecular complexity index is 417. The van der Waals surface area contributed by atoms with E-state index in [0.717, 1.165) is 19.4 Å². The molecule has 0 radical (unpaired) electrons. The van der Waals surface area contributed by atoms with Crippen LogP contribution >= 0.6 is 0 Å². The molecule has 0 bridgehead atoms. The zero-order valence-electron chi connectivity index (χ0n) is 9.41. The second-order valence-electron chi connectivity index (χ2n) is 4.08. The van der Waals surface area contributed by atoms with E-state index in [1.54, 1.807) is 6.07 Å². The van der Waals surface area contributed by atoms with E-state index in [-0.39, 0.29) is 17.4 Å². The maximum atomic E-state index is 13.4. The van der Waals surface area contributed by atoms with Crippen LogP contribution < -0.4 is 15.8 Å². The standard InChI is InChI=1S/C12H15FN2O2/c13-9-4-1-5-10(11(9)12(14)16)17-7-8-3-2-6-15-8/h1,4-5,8,15H,2-3,6-7H2,(H2,14,16). The number of rotatable bonds is 4. The molecule has 0 aliphatic carbocycles. The first-order valence-electron chi connectivity index (χ1n) is 5.63. The van der Waals surface area contributed by atoms with Gasteiger partial charge in [-0.25, -0.2) is 4.39 Å². The van der Waals surface area contributed by atoms with E-state index in [2.05, 4.69) is 5.32 Å². The van der Waals surface area contributed by atoms with Crippen LogP contribution in [0.3, 0.4) is 0 Å². The van der Waals surface area contributed by atoms with Crippen molar-refractivity contribution in [2.24, 2.45) is 5.73 Å². The number of halogens is 1. The van der Waals surface area contributed by atoms with Gasteiger partial charge in [-0.05, 0) is 31.5 Å². The molecule has 3 N–H and O–H groups in total. The van der Waals surface area contributed by atoms with Crippen LogP contribution in [-0.4, -0.2) is 25.1 Å². The molecule has 5 heteroatoms. The summed E-state index contributed by atoms with van der Waals surface area (Å²) in [6, 6.07) is 4.51. The zero-order valence-corrected chi connectivity index (χ0v) is 9.41. The lowest BCUT2D eigenvalue weighted by molar-refractivity contribution is 0.0991. The molecule has 17 heavy (non-hydrogen) atoms. The van der Waals surface area contributed by atoms with E-state index in [1.165, 1.54) is 12.1 Å². The Labute approximate surface area is 98.9 Å². The fourth-order valence-electron chi connectivity index (χ4n) is 1.95. The first-order valence-corrected chi connectivity index (χ1v) is 5.63. The first kappa shape index (κ1) is 11.9. The lowest BCUT2D eigenvalue weighted by Crippen LogP contribution is -2.28. The molecule has 1 amide bonds. The SMILES string of the molecule is NC(=O)c1c(F)cccc1OCC1CCCN1. The number of primary amides is 1. The molecular formula is C12H15FN2O2. The summed E-state index contributed by atoms with van der Waals surface area (Å²) in [5.41, 5.74) is 4.95. The summed E-state index contributed by atoms with van der Waals surface area (Å²) in [4.78, 5) is 11.1. The molecule has 1 atom stereocenters. The van der Waals surface area contributed by atoms with Crippen LogP contribution in [0.1, 0.15) is 23.2 Å². The zero-order chi connectivity index (χ0) is 12.3. The highest BCUT2D eigenvalue weighted by Gasteiger charge is 2.18. The average molecular weight is 238 g/mol. The molecule has 1 aromatic carbocycles. The summed E-state index contributed by atoms with van der Waals surface area (Å²) in [5.74, 6) is -1.24. The van der Waals surface area contributed by atoms with Crippen molar-refractivity contribution in [3.05, 3.63) is 29.6 Å². The summed E-state index contributed by atoms with van der Waals surface area (Å²) in [6.07, 6.45) is 2.14. The molecule has 0 spiro atoms. The second-order valence-corrected chi connectivity index (χ2v) is 4.08. The molecule has 1 heterocycles. The summed E-state index contributed by atoms with van der Waals surface area (Å²) in [5, 5.41) is 3.26. The molecule has 0 saturated carbocycles. The predicted octanol–water partition coefficient (Wildman–Crippen LogP) is 1.06. The second kappa shape index (κ2) is 5.14. The Morgan fingerprint density at radius 3 is 3.06 bits per heavy atom. The van der Waals surface area contributed by atoms with E-state index < -0.39 is 11.7 Å². The van der Waals surface area contributed by atoms with Crippen LogP contribution in [-0.2, 0) is 0 Å². The topological polar surface area (TPSA) is 64.4 Å². The maximum absolute atomic E-state index is 13.4. The molecule has 1 aliphatic rings. The van der Waals surface area contributed by atoms with Crippen molar-refractivity contribution >= 4 is 5.91 Å². The Balaban J connectivity index is 2.09. The van der Waals surface area contributed by atoms with Gasteiger partial charge in [-0.2, -0.15) is 0 Å². The van der Waals surface area contributed by atoms with Crippen molar-refractivity contribution in [2.75, 3.05) is 13.2 Å². The molecule has 1 aromatic rings. The lowest BCUT2D eigenvalue weighted by atomic mass is 10.1. The van der Waals surface area contributed by atoms with Gasteiger partial charge in [0.1, 0.15) is 23.7 Å². The van der Waals surface area contributed by atoms with Crippen molar-refractivity contribution in [1.29, 1.82) is 0 Å². The highest BCUT2D eigenvalue weighted by Crippen LogP contribution is 2.21. The molecule has 1 aliphatic heterocycles. The summed E-state index contributed by atoms with van der Waals surface area (Å²) < 4.78 is 18.9. The molecule has 1 fully saturated rings. The average Bonchev–Trinajstić information content (AvgIpc) is 2.78. The van der Waals surface area contributed by atoms with Crippen molar-refractivity contribution < 1.29 is 13.9 Å². The highest BCUT2D eigenvalue weighted by molar-refractivity contribution is 5.95. The van der Waals surface area contributed by atoms with Crippen molar-refractivity contribution in [2.45, 2.75) is 18.9 Å². The predicted molar refractivity (Wildman–Crippen MR) is 61.4 cm³/mol. The molecule has 1 unspecified atom stereocenters. The van der Waals surface area contributed by atoms with E-state index in [4.69, 9.17) is 10.5 Å². The number of ether oxygens (including phenoxy) is 1. The third-order valence-corrected chi connectivity index (χ3v) is 2.82. The largest absolute Gasteiger partial charge is 0.491 e. The Hall–Kier alpha value is -1.62. The number of carbonyl (C=O) groups is 1. The minimum Gasteiger partial charge on any atom is -0.491 e. The monoisotopic (exact) mass is 238 g/mol. The lowest BCUT2D eigenvalue weighted by Gasteiger charge is -2.14. The number of hydrogen-bond donors (Lipinski definition) is 2. The van der Waals surface area contributed by atoms with Crippen molar-refractivity contribution in [3.8, 4) is 5.75 Å². The maximum Gasteiger partial charge on any atom is 0.255 e. The van der Waals surface area contributed by atoms with Crippen LogP contribution in [0, 0.1) is 5.82 Å². The van der Waals surface area contributed by atoms with Gasteiger partial charge < -0.3 is 15.8 Å². The van der Waals surface area contributed by atoms with Gasteiger partial charge in [-0.15, -0.1) is 0 Å². The highest BCUT2D eigenvalue weighted by atomic mass is 19.1. The fourth-order valence-corrected chi connectivity index (χ4v) is 1.95. The summed E-state index contributed by atoms with van der Waals surface area (Å²) in [6.45, 7) is 1.39. The summed E-state index contributed by atoms with van der Waals surface area (Å²) >= 11 is 0. The van der Waals surface area contributed by atoms with E-state index in [1.807, 2.05) is 0 Å². The first-order chi connectivity index (χ1) is 8.18. The van der Waals surface area contributed by atoms with Gasteiger partial charge in [0, 0.05) is 6.04 Å². The molecule has 1 saturated heterocycles. The number of nitrogens with one attached hydrogen (secondary N) is 1. The number of carbonyl (C=O) groups excluding carboxylic acids is 1. The quantitative estimate of drug-likeness (QED) is 0.824. The third-order valence-electron chi connectivity index (χ3n) is 2.82. The van der Waals surface area contributed by atoms with Crippen LogP contribution in [0.4, 0.5) is 4.39 Å². The number of nitrogens with two attached hydrogens (primary N) is 1. The van der Waals surface area contributed by atoms with Gasteiger partial charge in [-0.3, -0.25) is 4.79 Å². The smallest absolute Gasteiger partial charge is 0.255 e. The van der Waals surface area contributed by atoms with E-state index >= 15 is 0 Å². The van der Waals surface area contributed by atoms with E-state index in [0.29, 0.717) is 6.61 Å². The minimum atomic E-state index is -0.808. The van der Waals surface area contributed by atoms with Gasteiger partial charge in [0.05, 0.1) is 0 Å². The van der Waals surface area contributed by atoms with Crippen LogP contribution in [0.2, 0.25) is 0 Å². The van der Waals surface area contributed by atoms with Crippen LogP contribution in [0.15, 0.2) is 18.2 Å². The van der Waals surface area contributed by atoms with Crippen LogP contribution in [0.25, 0.3) is 0 Å². The van der Waals surface area contributed by atoms with Gasteiger partial charge in [0.15, 0.2) is 0 Å². The third kappa shape index (κ3) is 2.74. The van der Waals surface area contributed by atoms with E-state index in [9.17, 15) is 9.18 Å². The Kier molecular flexibility index (Phi) is 3.58.